The Kier molecular flexibility index (Phi) is 3.04. The van der Waals surface area contributed by atoms with Crippen molar-refractivity contribution in [3.05, 3.63) is 10.4 Å². The summed E-state index contributed by atoms with van der Waals surface area (Å²) in [6, 6.07) is 0. The predicted octanol–water partition coefficient (Wildman–Crippen LogP) is -1.97. The van der Waals surface area contributed by atoms with Crippen molar-refractivity contribution in [2.24, 2.45) is 0 Å². The molecule has 20 heavy (non-hydrogen) atoms. The van der Waals surface area contributed by atoms with E-state index < -0.39 is 18.4 Å². The number of nitrogens with zero attached hydrogens (tertiary/aromatic N) is 3. The standard InChI is InChI=1S/C11H17N5O4/c1-15-4-16(7-2-5(18)6(3-17)20-7)9-8(15)10(19)14-11(12)13-9/h5-7,17-18H,2-4H2,1H3,(H3,12,13,14,19)/t5-,6+,7+/m0/s1. The second kappa shape index (κ2) is 4.62. The maximum Gasteiger partial charge on any atom is 0.278 e. The van der Waals surface area contributed by atoms with Gasteiger partial charge in [0.1, 0.15) is 18.0 Å². The number of aliphatic hydroxyl groups excluding tert-OH is 2. The maximum absolute atomic E-state index is 11.9. The number of aliphatic hydroxyl groups is 2. The summed E-state index contributed by atoms with van der Waals surface area (Å²) < 4.78 is 5.60. The molecule has 9 heteroatoms. The van der Waals surface area contributed by atoms with Crippen molar-refractivity contribution >= 4 is 17.5 Å². The molecule has 0 aliphatic carbocycles. The number of fused-ring (bicyclic) bond motifs is 1. The lowest BCUT2D eigenvalue weighted by atomic mass is 10.2. The van der Waals surface area contributed by atoms with Crippen LogP contribution < -0.4 is 21.1 Å². The molecule has 0 radical (unpaired) electrons. The minimum atomic E-state index is -0.737. The van der Waals surface area contributed by atoms with E-state index in [0.29, 0.717) is 24.6 Å². The van der Waals surface area contributed by atoms with E-state index in [0.717, 1.165) is 0 Å². The zero-order chi connectivity index (χ0) is 14.4. The second-order valence-corrected chi connectivity index (χ2v) is 5.05. The molecule has 0 spiro atoms. The van der Waals surface area contributed by atoms with Gasteiger partial charge in [-0.15, -0.1) is 0 Å². The van der Waals surface area contributed by atoms with E-state index in [9.17, 15) is 9.90 Å². The van der Waals surface area contributed by atoms with Crippen molar-refractivity contribution in [2.75, 3.05) is 35.9 Å². The molecule has 1 aromatic heterocycles. The van der Waals surface area contributed by atoms with Crippen molar-refractivity contribution in [2.45, 2.75) is 24.9 Å². The first kappa shape index (κ1) is 13.2. The molecule has 2 aliphatic rings. The molecule has 0 bridgehead atoms. The number of ether oxygens (including phenoxy) is 1. The highest BCUT2D eigenvalue weighted by molar-refractivity contribution is 5.72. The fourth-order valence-corrected chi connectivity index (χ4v) is 2.68. The van der Waals surface area contributed by atoms with Gasteiger partial charge in [-0.3, -0.25) is 9.78 Å². The Morgan fingerprint density at radius 1 is 1.60 bits per heavy atom. The van der Waals surface area contributed by atoms with Gasteiger partial charge in [-0.1, -0.05) is 0 Å². The lowest BCUT2D eigenvalue weighted by molar-refractivity contribution is -0.0220. The molecule has 0 aromatic carbocycles. The Morgan fingerprint density at radius 2 is 2.35 bits per heavy atom. The van der Waals surface area contributed by atoms with Gasteiger partial charge in [-0.05, 0) is 0 Å². The molecule has 0 amide bonds. The zero-order valence-electron chi connectivity index (χ0n) is 11.0. The molecule has 1 aromatic rings. The molecule has 1 fully saturated rings. The number of nitrogens with two attached hydrogens (primary N) is 1. The largest absolute Gasteiger partial charge is 0.394 e. The van der Waals surface area contributed by atoms with E-state index in [2.05, 4.69) is 9.97 Å². The third kappa shape index (κ3) is 1.90. The minimum absolute atomic E-state index is 0.0336. The van der Waals surface area contributed by atoms with Crippen LogP contribution in [0.25, 0.3) is 0 Å². The van der Waals surface area contributed by atoms with E-state index in [1.807, 2.05) is 0 Å². The van der Waals surface area contributed by atoms with Gasteiger partial charge < -0.3 is 30.5 Å². The Bertz CT molecular complexity index is 576. The minimum Gasteiger partial charge on any atom is -0.394 e. The Balaban J connectivity index is 1.94. The average Bonchev–Trinajstić information content (AvgIpc) is 2.90. The van der Waals surface area contributed by atoms with Gasteiger partial charge in [-0.2, -0.15) is 4.98 Å². The highest BCUT2D eigenvalue weighted by Gasteiger charge is 2.41. The topological polar surface area (TPSA) is 128 Å². The summed E-state index contributed by atoms with van der Waals surface area (Å²) in [5.74, 6) is 0.468. The summed E-state index contributed by atoms with van der Waals surface area (Å²) in [5, 5.41) is 18.9. The normalized spacial score (nSPS) is 29.1. The molecule has 110 valence electrons. The first-order valence-electron chi connectivity index (χ1n) is 6.33. The van der Waals surface area contributed by atoms with Crippen molar-refractivity contribution in [1.29, 1.82) is 0 Å². The summed E-state index contributed by atoms with van der Waals surface area (Å²) >= 11 is 0. The Labute approximate surface area is 114 Å². The lowest BCUT2D eigenvalue weighted by Crippen LogP contribution is -2.38. The maximum atomic E-state index is 11.9. The molecule has 0 saturated carbocycles. The highest BCUT2D eigenvalue weighted by atomic mass is 16.5. The van der Waals surface area contributed by atoms with E-state index >= 15 is 0 Å². The molecule has 3 atom stereocenters. The van der Waals surface area contributed by atoms with Gasteiger partial charge in [0.2, 0.25) is 5.95 Å². The van der Waals surface area contributed by atoms with Crippen molar-refractivity contribution in [1.82, 2.24) is 9.97 Å². The quantitative estimate of drug-likeness (QED) is 0.492. The smallest absolute Gasteiger partial charge is 0.278 e. The lowest BCUT2D eigenvalue weighted by Gasteiger charge is -2.25. The van der Waals surface area contributed by atoms with Gasteiger partial charge in [0.05, 0.1) is 19.4 Å². The van der Waals surface area contributed by atoms with E-state index in [4.69, 9.17) is 15.6 Å². The van der Waals surface area contributed by atoms with Crippen LogP contribution in [0.1, 0.15) is 6.42 Å². The average molecular weight is 283 g/mol. The molecular formula is C11H17N5O4. The second-order valence-electron chi connectivity index (χ2n) is 5.05. The third-order valence-electron chi connectivity index (χ3n) is 3.64. The summed E-state index contributed by atoms with van der Waals surface area (Å²) in [6.45, 7) is 0.156. The fraction of sp³-hybridized carbons (Fsp3) is 0.636. The molecule has 9 nitrogen and oxygen atoms in total. The summed E-state index contributed by atoms with van der Waals surface area (Å²) in [6.07, 6.45) is -1.46. The monoisotopic (exact) mass is 283 g/mol. The summed E-state index contributed by atoms with van der Waals surface area (Å²) in [5.41, 5.74) is 5.69. The van der Waals surface area contributed by atoms with Crippen LogP contribution in [0.15, 0.2) is 4.79 Å². The third-order valence-corrected chi connectivity index (χ3v) is 3.64. The van der Waals surface area contributed by atoms with Crippen molar-refractivity contribution in [3.8, 4) is 0 Å². The molecule has 1 saturated heterocycles. The van der Waals surface area contributed by atoms with Gasteiger partial charge in [0.25, 0.3) is 5.56 Å². The number of H-pyrrole nitrogens is 1. The Hall–Kier alpha value is -1.84. The van der Waals surface area contributed by atoms with E-state index in [1.54, 1.807) is 16.8 Å². The van der Waals surface area contributed by atoms with Crippen molar-refractivity contribution in [3.63, 3.8) is 0 Å². The summed E-state index contributed by atoms with van der Waals surface area (Å²) in [7, 11) is 1.76. The molecular weight excluding hydrogens is 266 g/mol. The fourth-order valence-electron chi connectivity index (χ4n) is 2.68. The number of aromatic amines is 1. The van der Waals surface area contributed by atoms with Crippen LogP contribution in [0.2, 0.25) is 0 Å². The molecule has 3 heterocycles. The van der Waals surface area contributed by atoms with Crippen molar-refractivity contribution < 1.29 is 14.9 Å². The first-order chi connectivity index (χ1) is 9.51. The van der Waals surface area contributed by atoms with Crippen LogP contribution in [0, 0.1) is 0 Å². The van der Waals surface area contributed by atoms with Gasteiger partial charge >= 0.3 is 0 Å². The number of anilines is 3. The predicted molar refractivity (Wildman–Crippen MR) is 71.4 cm³/mol. The number of rotatable bonds is 2. The summed E-state index contributed by atoms with van der Waals surface area (Å²) in [4.78, 5) is 22.0. The number of hydrogen-bond donors (Lipinski definition) is 4. The molecule has 0 unspecified atom stereocenters. The van der Waals surface area contributed by atoms with Crippen LogP contribution in [-0.4, -0.2) is 58.9 Å². The van der Waals surface area contributed by atoms with Gasteiger partial charge in [-0.25, -0.2) is 0 Å². The molecule has 3 rings (SSSR count). The van der Waals surface area contributed by atoms with E-state index in [-0.39, 0.29) is 18.1 Å². The van der Waals surface area contributed by atoms with Crippen LogP contribution in [0.4, 0.5) is 17.5 Å². The number of nitrogens with one attached hydrogen (secondary N) is 1. The first-order valence-corrected chi connectivity index (χ1v) is 6.33. The van der Waals surface area contributed by atoms with Gasteiger partial charge in [0, 0.05) is 13.5 Å². The van der Waals surface area contributed by atoms with Crippen LogP contribution >= 0.6 is 0 Å². The SMILES string of the molecule is CN1CN([C@H]2C[C@H](O)[C@@H](CO)O2)c2nc(N)[nH]c(=O)c21. The van der Waals surface area contributed by atoms with Crippen LogP contribution in [0.3, 0.4) is 0 Å². The number of aromatic nitrogens is 2. The van der Waals surface area contributed by atoms with E-state index in [1.165, 1.54) is 0 Å². The molecule has 5 N–H and O–H groups in total. The van der Waals surface area contributed by atoms with Crippen LogP contribution in [-0.2, 0) is 4.74 Å². The number of hydrogen-bond acceptors (Lipinski definition) is 8. The van der Waals surface area contributed by atoms with Gasteiger partial charge in [0.15, 0.2) is 5.82 Å². The number of nitrogen functional groups attached to an aromatic ring is 1. The Morgan fingerprint density at radius 3 is 3.00 bits per heavy atom. The molecule has 2 aliphatic heterocycles. The van der Waals surface area contributed by atoms with Crippen LogP contribution in [0.5, 0.6) is 0 Å². The zero-order valence-corrected chi connectivity index (χ0v) is 11.0. The highest BCUT2D eigenvalue weighted by Crippen LogP contribution is 2.35.